The van der Waals surface area contributed by atoms with Gasteiger partial charge in [0, 0.05) is 18.7 Å². The van der Waals surface area contributed by atoms with E-state index in [1.807, 2.05) is 19.9 Å². The van der Waals surface area contributed by atoms with Gasteiger partial charge in [-0.1, -0.05) is 0 Å². The van der Waals surface area contributed by atoms with E-state index < -0.39 is 0 Å². The molecular weight excluding hydrogens is 230 g/mol. The Morgan fingerprint density at radius 3 is 2.78 bits per heavy atom. The van der Waals surface area contributed by atoms with Gasteiger partial charge in [0.1, 0.15) is 11.5 Å². The number of phenolic OH excluding ortho intramolecular Hbond substituents is 1. The van der Waals surface area contributed by atoms with Crippen LogP contribution in [0.1, 0.15) is 25.8 Å². The lowest BCUT2D eigenvalue weighted by molar-refractivity contribution is 0.0770. The number of methoxy groups -OCH3 is 1. The number of phenols is 1. The molecule has 0 unspecified atom stereocenters. The monoisotopic (exact) mass is 253 g/mol. The van der Waals surface area contributed by atoms with Crippen LogP contribution >= 0.6 is 0 Å². The molecule has 1 aromatic carbocycles. The molecule has 0 heterocycles. The Hall–Kier alpha value is -1.26. The Morgan fingerprint density at radius 2 is 2.11 bits per heavy atom. The van der Waals surface area contributed by atoms with Crippen molar-refractivity contribution in [3.05, 3.63) is 23.8 Å². The second-order valence-corrected chi connectivity index (χ2v) is 4.44. The van der Waals surface area contributed by atoms with Gasteiger partial charge in [0.15, 0.2) is 0 Å². The van der Waals surface area contributed by atoms with Crippen molar-refractivity contribution in [2.75, 3.05) is 20.3 Å². The molecule has 4 heteroatoms. The molecule has 18 heavy (non-hydrogen) atoms. The van der Waals surface area contributed by atoms with Crippen LogP contribution in [-0.2, 0) is 11.3 Å². The first kappa shape index (κ1) is 14.8. The topological polar surface area (TPSA) is 50.7 Å². The third-order valence-corrected chi connectivity index (χ3v) is 2.55. The number of aromatic hydroxyl groups is 1. The fourth-order valence-corrected chi connectivity index (χ4v) is 1.57. The van der Waals surface area contributed by atoms with E-state index in [0.29, 0.717) is 12.3 Å². The van der Waals surface area contributed by atoms with E-state index in [0.717, 1.165) is 30.9 Å². The zero-order chi connectivity index (χ0) is 13.4. The standard InChI is InChI=1S/C14H23NO3/c1-11(2)18-8-4-7-15-10-12-9-13(17-3)5-6-14(12)16/h5-6,9,11,15-16H,4,7-8,10H2,1-3H3. The molecule has 102 valence electrons. The Morgan fingerprint density at radius 1 is 1.33 bits per heavy atom. The Kier molecular flexibility index (Phi) is 6.54. The summed E-state index contributed by atoms with van der Waals surface area (Å²) in [7, 11) is 1.62. The van der Waals surface area contributed by atoms with E-state index in [4.69, 9.17) is 9.47 Å². The lowest BCUT2D eigenvalue weighted by atomic mass is 10.2. The van der Waals surface area contributed by atoms with Crippen LogP contribution in [0.15, 0.2) is 18.2 Å². The summed E-state index contributed by atoms with van der Waals surface area (Å²) in [6.07, 6.45) is 1.25. The molecule has 0 bridgehead atoms. The molecular formula is C14H23NO3. The maximum atomic E-state index is 9.69. The number of hydrogen-bond acceptors (Lipinski definition) is 4. The van der Waals surface area contributed by atoms with Crippen molar-refractivity contribution in [2.24, 2.45) is 0 Å². The molecule has 1 aromatic rings. The maximum Gasteiger partial charge on any atom is 0.120 e. The number of rotatable bonds is 8. The number of nitrogens with one attached hydrogen (secondary N) is 1. The molecule has 0 saturated heterocycles. The van der Waals surface area contributed by atoms with Gasteiger partial charge in [-0.2, -0.15) is 0 Å². The van der Waals surface area contributed by atoms with Crippen molar-refractivity contribution in [3.63, 3.8) is 0 Å². The van der Waals surface area contributed by atoms with Gasteiger partial charge < -0.3 is 19.9 Å². The Labute approximate surface area is 109 Å². The van der Waals surface area contributed by atoms with Crippen LogP contribution in [0.5, 0.6) is 11.5 Å². The van der Waals surface area contributed by atoms with Crippen molar-refractivity contribution >= 4 is 0 Å². The van der Waals surface area contributed by atoms with Crippen LogP contribution < -0.4 is 10.1 Å². The van der Waals surface area contributed by atoms with Gasteiger partial charge in [-0.25, -0.2) is 0 Å². The molecule has 0 aliphatic rings. The molecule has 0 aromatic heterocycles. The SMILES string of the molecule is COc1ccc(O)c(CNCCCOC(C)C)c1. The molecule has 2 N–H and O–H groups in total. The summed E-state index contributed by atoms with van der Waals surface area (Å²) >= 11 is 0. The predicted octanol–water partition coefficient (Wildman–Crippen LogP) is 2.31. The maximum absolute atomic E-state index is 9.69. The van der Waals surface area contributed by atoms with E-state index in [1.54, 1.807) is 19.2 Å². The number of hydrogen-bond donors (Lipinski definition) is 2. The first-order chi connectivity index (χ1) is 8.63. The molecule has 0 saturated carbocycles. The van der Waals surface area contributed by atoms with E-state index in [1.165, 1.54) is 0 Å². The molecule has 0 aliphatic carbocycles. The van der Waals surface area contributed by atoms with Crippen LogP contribution in [-0.4, -0.2) is 31.5 Å². The normalized spacial score (nSPS) is 10.9. The fourth-order valence-electron chi connectivity index (χ4n) is 1.57. The highest BCUT2D eigenvalue weighted by atomic mass is 16.5. The van der Waals surface area contributed by atoms with Gasteiger partial charge >= 0.3 is 0 Å². The fraction of sp³-hybridized carbons (Fsp3) is 0.571. The molecule has 0 radical (unpaired) electrons. The van der Waals surface area contributed by atoms with Crippen molar-refractivity contribution in [1.82, 2.24) is 5.32 Å². The van der Waals surface area contributed by atoms with Gasteiger partial charge in [0.2, 0.25) is 0 Å². The molecule has 0 amide bonds. The quantitative estimate of drug-likeness (QED) is 0.698. The lowest BCUT2D eigenvalue weighted by Gasteiger charge is -2.10. The van der Waals surface area contributed by atoms with Gasteiger partial charge in [0.25, 0.3) is 0 Å². The summed E-state index contributed by atoms with van der Waals surface area (Å²) in [6.45, 7) is 6.31. The minimum absolute atomic E-state index is 0.285. The van der Waals surface area contributed by atoms with Gasteiger partial charge in [-0.3, -0.25) is 0 Å². The molecule has 1 rings (SSSR count). The molecule has 0 fully saturated rings. The van der Waals surface area contributed by atoms with Gasteiger partial charge in [-0.15, -0.1) is 0 Å². The predicted molar refractivity (Wildman–Crippen MR) is 72.1 cm³/mol. The highest BCUT2D eigenvalue weighted by Crippen LogP contribution is 2.22. The van der Waals surface area contributed by atoms with E-state index in [9.17, 15) is 5.11 Å². The number of ether oxygens (including phenoxy) is 2. The Bertz CT molecular complexity index is 353. The summed E-state index contributed by atoms with van der Waals surface area (Å²) in [4.78, 5) is 0. The highest BCUT2D eigenvalue weighted by molar-refractivity contribution is 5.39. The molecule has 0 spiro atoms. The summed E-state index contributed by atoms with van der Waals surface area (Å²) < 4.78 is 10.6. The third kappa shape index (κ3) is 5.38. The van der Waals surface area contributed by atoms with Crippen LogP contribution in [0.4, 0.5) is 0 Å². The zero-order valence-corrected chi connectivity index (χ0v) is 11.4. The van der Waals surface area contributed by atoms with E-state index in [-0.39, 0.29) is 6.10 Å². The van der Waals surface area contributed by atoms with Crippen LogP contribution in [0.25, 0.3) is 0 Å². The van der Waals surface area contributed by atoms with Crippen molar-refractivity contribution in [2.45, 2.75) is 32.9 Å². The molecule has 0 aliphatic heterocycles. The minimum atomic E-state index is 0.285. The highest BCUT2D eigenvalue weighted by Gasteiger charge is 2.02. The van der Waals surface area contributed by atoms with Crippen molar-refractivity contribution < 1.29 is 14.6 Å². The van der Waals surface area contributed by atoms with E-state index >= 15 is 0 Å². The zero-order valence-electron chi connectivity index (χ0n) is 11.4. The average Bonchev–Trinajstić information content (AvgIpc) is 2.35. The van der Waals surface area contributed by atoms with Crippen LogP contribution in [0.3, 0.4) is 0 Å². The lowest BCUT2D eigenvalue weighted by Crippen LogP contribution is -2.17. The second-order valence-electron chi connectivity index (χ2n) is 4.44. The number of benzene rings is 1. The van der Waals surface area contributed by atoms with Crippen molar-refractivity contribution in [3.8, 4) is 11.5 Å². The Balaban J connectivity index is 2.26. The smallest absolute Gasteiger partial charge is 0.120 e. The summed E-state index contributed by atoms with van der Waals surface area (Å²) in [5, 5.41) is 13.0. The van der Waals surface area contributed by atoms with E-state index in [2.05, 4.69) is 5.32 Å². The van der Waals surface area contributed by atoms with Gasteiger partial charge in [-0.05, 0) is 45.0 Å². The molecule has 4 nitrogen and oxygen atoms in total. The summed E-state index contributed by atoms with van der Waals surface area (Å²) in [5.41, 5.74) is 0.846. The third-order valence-electron chi connectivity index (χ3n) is 2.55. The first-order valence-electron chi connectivity index (χ1n) is 6.31. The average molecular weight is 253 g/mol. The first-order valence-corrected chi connectivity index (χ1v) is 6.31. The van der Waals surface area contributed by atoms with Crippen molar-refractivity contribution in [1.29, 1.82) is 0 Å². The second kappa shape index (κ2) is 7.95. The summed E-state index contributed by atoms with van der Waals surface area (Å²) in [5.74, 6) is 1.05. The minimum Gasteiger partial charge on any atom is -0.508 e. The molecule has 0 atom stereocenters. The summed E-state index contributed by atoms with van der Waals surface area (Å²) in [6, 6.07) is 5.24. The van der Waals surface area contributed by atoms with Gasteiger partial charge in [0.05, 0.1) is 13.2 Å². The largest absolute Gasteiger partial charge is 0.508 e. The van der Waals surface area contributed by atoms with Crippen LogP contribution in [0.2, 0.25) is 0 Å². The van der Waals surface area contributed by atoms with Crippen LogP contribution in [0, 0.1) is 0 Å².